The smallest absolute Gasteiger partial charge is 0.202 e. The molecule has 20 rings (SSSR count). The van der Waals surface area contributed by atoms with Crippen molar-refractivity contribution >= 4 is 103 Å². The van der Waals surface area contributed by atoms with Gasteiger partial charge in [0.2, 0.25) is 5.71 Å². The number of ether oxygens (including phenoxy) is 5. The van der Waals surface area contributed by atoms with Gasteiger partial charge in [0.25, 0.3) is 0 Å². The summed E-state index contributed by atoms with van der Waals surface area (Å²) >= 11 is 12.5. The van der Waals surface area contributed by atoms with E-state index in [1.807, 2.05) is 32.0 Å². The van der Waals surface area contributed by atoms with E-state index >= 15 is 0 Å². The van der Waals surface area contributed by atoms with Crippen LogP contribution in [-0.4, -0.2) is 168 Å². The number of methoxy groups -OCH3 is 1. The topological polar surface area (TPSA) is 200 Å². The van der Waals surface area contributed by atoms with E-state index in [9.17, 15) is 4.79 Å². The van der Waals surface area contributed by atoms with Gasteiger partial charge in [-0.05, 0) is 222 Å². The van der Waals surface area contributed by atoms with Gasteiger partial charge in [-0.3, -0.25) is 4.79 Å². The summed E-state index contributed by atoms with van der Waals surface area (Å²) in [6, 6.07) is 80.7. The van der Waals surface area contributed by atoms with E-state index < -0.39 is 16.2 Å². The van der Waals surface area contributed by atoms with Crippen LogP contribution in [0, 0.1) is 11.4 Å². The van der Waals surface area contributed by atoms with Crippen molar-refractivity contribution in [2.45, 2.75) is 171 Å². The largest absolute Gasteiger partial charge is 0.715 e. The van der Waals surface area contributed by atoms with E-state index in [1.165, 1.54) is 84.2 Å². The molecule has 0 saturated heterocycles. The summed E-state index contributed by atoms with van der Waals surface area (Å²) < 4.78 is 38.9. The first kappa shape index (κ1) is 109. The number of rotatable bonds is 26. The number of fused-ring (bicyclic) bond motifs is 23. The van der Waals surface area contributed by atoms with Gasteiger partial charge in [-0.1, -0.05) is 159 Å². The Kier molecular flexibility index (Phi) is 37.1. The van der Waals surface area contributed by atoms with Gasteiger partial charge in [0, 0.05) is 287 Å². The maximum atomic E-state index is 13.2. The summed E-state index contributed by atoms with van der Waals surface area (Å²) in [5, 5.41) is 22.8. The summed E-state index contributed by atoms with van der Waals surface area (Å²) in [4.78, 5) is 29.7. The number of carbonyl (C=O) groups is 1. The lowest BCUT2D eigenvalue weighted by Crippen LogP contribution is -2.42. The van der Waals surface area contributed by atoms with Gasteiger partial charge in [0.15, 0.2) is 10.8 Å². The second kappa shape index (κ2) is 49.2. The fourth-order valence-electron chi connectivity index (χ4n) is 23.0. The molecular weight excluding hydrogens is 1850 g/mol. The number of ketones is 1. The molecule has 0 aromatic heterocycles. The van der Waals surface area contributed by atoms with Crippen molar-refractivity contribution in [3.8, 4) is 40.2 Å². The van der Waals surface area contributed by atoms with Crippen LogP contribution in [0.1, 0.15) is 230 Å². The Morgan fingerprint density at radius 3 is 1.23 bits per heavy atom. The zero-order valence-electron chi connectivity index (χ0n) is 88.1. The molecule has 23 heteroatoms. The lowest BCUT2D eigenvalue weighted by Gasteiger charge is -2.49. The lowest BCUT2D eigenvalue weighted by atomic mass is 9.53. The number of carbonyl (C=O) groups excluding carboxylic acids is 1. The molecule has 11 aromatic carbocycles. The van der Waals surface area contributed by atoms with Crippen molar-refractivity contribution in [3.05, 3.63) is 337 Å². The fraction of sp³-hybridized carbons (Fsp3) is 0.380. The van der Waals surface area contributed by atoms with E-state index in [-0.39, 0.29) is 28.9 Å². The van der Waals surface area contributed by atoms with Gasteiger partial charge in [-0.2, -0.15) is 5.11 Å². The molecule has 0 saturated carbocycles. The second-order valence-electron chi connectivity index (χ2n) is 35.8. The molecule has 5 aliphatic heterocycles. The molecule has 144 heavy (non-hydrogen) atoms. The van der Waals surface area contributed by atoms with Crippen molar-refractivity contribution in [1.82, 2.24) is 0 Å². The molecule has 0 bridgehead atoms. The maximum absolute atomic E-state index is 13.2. The summed E-state index contributed by atoms with van der Waals surface area (Å²) in [6.07, 6.45) is 7.87. The van der Waals surface area contributed by atoms with Crippen LogP contribution in [0.3, 0.4) is 0 Å². The first-order valence-electron chi connectivity index (χ1n) is 51.8. The average Bonchev–Trinajstić information content (AvgIpc) is 0.819. The van der Waals surface area contributed by atoms with E-state index in [0.29, 0.717) is 17.9 Å². The Labute approximate surface area is 870 Å². The first-order valence-corrected chi connectivity index (χ1v) is 53.5. The third-order valence-electron chi connectivity index (χ3n) is 30.0. The van der Waals surface area contributed by atoms with Crippen LogP contribution in [0.5, 0.6) is 40.2 Å². The zero-order chi connectivity index (χ0) is 103. The standard InChI is InChI=1S/C30H37N2O2S.C29H32N4OS.C29H32N2O2.C29H30N2OS.C2H6.2CH4O.HN2/c1-6-31(7-2)22-14-16-25-27(19-22)34-28-20-23(32(8-3)9-4)15-17-26(28)30(25)24-13-11-10-12-21(24)18-29(35)33-5;1-5-32(6-2)19-13-15-23-25(17-19)34-26-18-20(33(7-3)8-4)14-16-24(26)29(23)22-12-10-9-11-21(22)27-28(29)30-31-35-27;1-5-30(6-2)20-13-15-24-27(17-20)33-28-18-21(31(7-3)8-4)14-16-25(28)29(24)19-26(32)22-11-9-10-12-23(22)29;1-5-30(6-2)20-13-15-24-27(17-20)32-28-18-21(31(7-3)8-4)14-16-25(28)29(24)23-12-10-9-11-22(23)26(29)19-33;4*1-2/h10-17,19-20,25,30H,6-9,18H2,1-5H3;9-18,27-28H,5-8H2,1-4H3;9-18H,5-8,19H2,1-4H3;9-18H,5-8H2,1-4H3;1-2H3;2*2H,1H3;1H/q+1;;;;;;;-1. The number of benzene rings is 11. The summed E-state index contributed by atoms with van der Waals surface area (Å²) in [7, 11) is 3.65. The van der Waals surface area contributed by atoms with Crippen molar-refractivity contribution < 1.29 is 43.3 Å². The number of aliphatic hydroxyl groups excluding tert-OH is 2. The molecule has 20 nitrogen and oxygen atoms in total. The SMILES string of the molecule is CC.CCN(CC)c1ccc2c(c1)OC1=CC(=[N+](CC)CC)C=CC1C2c1ccccc1CC(=S)OC.CCN(CC)c1ccc2c(c1)Oc1cc(N(CC)CC)ccc1C21C(=C=S)c2ccccc21.CCN(CC)c1ccc2c(c1)Oc1cc(N(CC)CC)ccc1C21CC(=O)c2ccccc21.CCN(CC)c1ccc2c(c1)Oc1cc(N(CC)CC)ccc1C21c2ccccc2C2SN=NC21.CO.CO.[N-]=N. The first-order chi connectivity index (χ1) is 70.4. The monoisotopic (exact) mass is 1990 g/mol. The average molecular weight is 1990 g/mol. The van der Waals surface area contributed by atoms with Gasteiger partial charge in [0.1, 0.15) is 65.1 Å². The highest BCUT2D eigenvalue weighted by atomic mass is 32.2. The molecule has 0 amide bonds. The lowest BCUT2D eigenvalue weighted by molar-refractivity contribution is -0.519. The normalized spacial score (nSPS) is 16.2. The molecule has 4 unspecified atom stereocenters. The number of hydrogen-bond acceptors (Lipinski definition) is 21. The minimum Gasteiger partial charge on any atom is -0.715 e. The van der Waals surface area contributed by atoms with E-state index in [0.717, 1.165) is 215 Å². The van der Waals surface area contributed by atoms with Gasteiger partial charge < -0.3 is 79.3 Å². The summed E-state index contributed by atoms with van der Waals surface area (Å²) in [6.45, 7) is 54.3. The van der Waals surface area contributed by atoms with Gasteiger partial charge >= 0.3 is 0 Å². The number of Topliss-reactive ketones (excluding diaryl/α,β-unsaturated/α-hetero) is 1. The summed E-state index contributed by atoms with van der Waals surface area (Å²) in [5.74, 6) is 7.79. The third-order valence-corrected chi connectivity index (χ3v) is 31.4. The van der Waals surface area contributed by atoms with Gasteiger partial charge in [-0.25, -0.2) is 4.58 Å². The molecule has 11 aromatic rings. The number of allylic oxidation sites excluding steroid dienone is 4. The minimum absolute atomic E-state index is 0.00454. The Hall–Kier alpha value is -12.7. The maximum Gasteiger partial charge on any atom is 0.202 e. The van der Waals surface area contributed by atoms with E-state index in [4.69, 9.17) is 74.5 Å². The van der Waals surface area contributed by atoms with Crippen LogP contribution in [0.4, 0.5) is 39.8 Å². The van der Waals surface area contributed by atoms with Crippen molar-refractivity contribution in [3.63, 3.8) is 0 Å². The van der Waals surface area contributed by atoms with Crippen molar-refractivity contribution in [2.24, 2.45) is 15.6 Å². The van der Waals surface area contributed by atoms with Crippen molar-refractivity contribution in [2.75, 3.05) is 160 Å². The third kappa shape index (κ3) is 19.7. The highest BCUT2D eigenvalue weighted by molar-refractivity contribution is 7.98. The number of nitrogens with one attached hydrogen (secondary N) is 1. The molecule has 4 atom stereocenters. The molecule has 5 heterocycles. The molecule has 4 aliphatic carbocycles. The van der Waals surface area contributed by atoms with Crippen LogP contribution in [0.25, 0.3) is 11.1 Å². The fourth-order valence-corrected chi connectivity index (χ4v) is 24.4. The molecular formula is C121H146N12O8S3. The van der Waals surface area contributed by atoms with E-state index in [2.05, 4.69) is 384 Å². The van der Waals surface area contributed by atoms with Crippen LogP contribution >= 0.6 is 36.4 Å². The minimum atomic E-state index is -0.514. The number of hydrogen-bond donors (Lipinski definition) is 3. The predicted molar refractivity (Wildman–Crippen MR) is 606 cm³/mol. The predicted octanol–water partition coefficient (Wildman–Crippen LogP) is 27.5. The number of nitrogens with zero attached hydrogens (tertiary/aromatic N) is 11. The Balaban J connectivity index is 0.000000157. The number of thiocarbonyl (C=S) groups is 2. The number of aliphatic hydroxyl groups is 2. The summed E-state index contributed by atoms with van der Waals surface area (Å²) in [5.41, 5.74) is 37.7. The van der Waals surface area contributed by atoms with Crippen LogP contribution in [0.15, 0.2) is 258 Å². The van der Waals surface area contributed by atoms with Crippen LogP contribution in [0.2, 0.25) is 0 Å². The molecule has 3 spiro atoms. The van der Waals surface area contributed by atoms with Gasteiger partial charge in [0.05, 0.1) is 28.6 Å². The Bertz CT molecular complexity index is 6340. The molecule has 9 aliphatic rings. The van der Waals surface area contributed by atoms with Gasteiger partial charge in [-0.15, -0.1) is 4.52 Å². The van der Waals surface area contributed by atoms with Crippen LogP contribution < -0.4 is 53.2 Å². The molecule has 0 fully saturated rings. The quantitative estimate of drug-likeness (QED) is 0.0200. The van der Waals surface area contributed by atoms with E-state index in [1.54, 1.807) is 19.1 Å². The molecule has 756 valence electrons. The molecule has 3 N–H and O–H groups in total. The highest BCUT2D eigenvalue weighted by Crippen LogP contribution is 2.68. The van der Waals surface area contributed by atoms with Crippen molar-refractivity contribution in [1.29, 1.82) is 5.53 Å². The Morgan fingerprint density at radius 1 is 0.444 bits per heavy atom. The number of anilines is 7. The second-order valence-corrected chi connectivity index (χ2v) is 37.3. The highest BCUT2D eigenvalue weighted by Gasteiger charge is 2.61. The Morgan fingerprint density at radius 2 is 0.806 bits per heavy atom. The zero-order valence-corrected chi connectivity index (χ0v) is 90.6. The van der Waals surface area contributed by atoms with Crippen LogP contribution in [-0.2, 0) is 27.4 Å². The molecule has 0 radical (unpaired) electrons.